The van der Waals surface area contributed by atoms with E-state index in [4.69, 9.17) is 16.0 Å². The first-order valence-electron chi connectivity index (χ1n) is 5.11. The molecule has 0 spiro atoms. The molecule has 2 aromatic rings. The van der Waals surface area contributed by atoms with Crippen LogP contribution < -0.4 is 4.90 Å². The molecular formula is C12H12ClN3O. The highest BCUT2D eigenvalue weighted by Gasteiger charge is 2.13. The van der Waals surface area contributed by atoms with Gasteiger partial charge in [0.1, 0.15) is 5.69 Å². The summed E-state index contributed by atoms with van der Waals surface area (Å²) >= 11 is 5.81. The van der Waals surface area contributed by atoms with E-state index in [1.807, 2.05) is 24.1 Å². The van der Waals surface area contributed by atoms with Crippen LogP contribution in [0.25, 0.3) is 11.5 Å². The Labute approximate surface area is 105 Å². The summed E-state index contributed by atoms with van der Waals surface area (Å²) in [6.45, 7) is 4.40. The van der Waals surface area contributed by atoms with Gasteiger partial charge >= 0.3 is 0 Å². The lowest BCUT2D eigenvalue weighted by atomic mass is 10.2. The van der Waals surface area contributed by atoms with Gasteiger partial charge in [-0.3, -0.25) is 0 Å². The smallest absolute Gasteiger partial charge is 0.223 e. The standard InChI is InChI=1S/C12H12ClN3O/c1-3-6-16(2)9-8-14-12(13)15-11(9)10-5-4-7-17-10/h3-5,7-8H,1,6H2,2H3. The fourth-order valence-electron chi connectivity index (χ4n) is 1.52. The van der Waals surface area contributed by atoms with E-state index in [2.05, 4.69) is 16.5 Å². The molecular weight excluding hydrogens is 238 g/mol. The zero-order valence-electron chi connectivity index (χ0n) is 9.43. The molecule has 0 atom stereocenters. The van der Waals surface area contributed by atoms with Crippen molar-refractivity contribution < 1.29 is 4.42 Å². The highest BCUT2D eigenvalue weighted by atomic mass is 35.5. The van der Waals surface area contributed by atoms with Gasteiger partial charge in [-0.15, -0.1) is 6.58 Å². The van der Waals surface area contributed by atoms with E-state index in [0.29, 0.717) is 18.0 Å². The molecule has 2 aromatic heterocycles. The van der Waals surface area contributed by atoms with E-state index in [9.17, 15) is 0 Å². The predicted octanol–water partition coefficient (Wildman–Crippen LogP) is 3.01. The Morgan fingerprint density at radius 2 is 2.41 bits per heavy atom. The number of anilines is 1. The van der Waals surface area contributed by atoms with Crippen molar-refractivity contribution in [2.75, 3.05) is 18.5 Å². The van der Waals surface area contributed by atoms with E-state index in [0.717, 1.165) is 5.69 Å². The third-order valence-electron chi connectivity index (χ3n) is 2.31. The SMILES string of the molecule is C=CCN(C)c1cnc(Cl)nc1-c1ccco1. The molecule has 0 amide bonds. The summed E-state index contributed by atoms with van der Waals surface area (Å²) in [5.41, 5.74) is 1.53. The topological polar surface area (TPSA) is 42.2 Å². The summed E-state index contributed by atoms with van der Waals surface area (Å²) in [6.07, 6.45) is 5.08. The van der Waals surface area contributed by atoms with Gasteiger partial charge < -0.3 is 9.32 Å². The summed E-state index contributed by atoms with van der Waals surface area (Å²) in [4.78, 5) is 10.2. The molecule has 0 aliphatic carbocycles. The van der Waals surface area contributed by atoms with Gasteiger partial charge in [0.2, 0.25) is 5.28 Å². The number of hydrogen-bond acceptors (Lipinski definition) is 4. The second-order valence-electron chi connectivity index (χ2n) is 3.52. The van der Waals surface area contributed by atoms with Crippen LogP contribution in [0, 0.1) is 0 Å². The molecule has 0 aliphatic heterocycles. The van der Waals surface area contributed by atoms with Crippen molar-refractivity contribution in [3.05, 3.63) is 42.5 Å². The van der Waals surface area contributed by atoms with Crippen LogP contribution in [0.4, 0.5) is 5.69 Å². The van der Waals surface area contributed by atoms with Crippen molar-refractivity contribution in [3.63, 3.8) is 0 Å². The van der Waals surface area contributed by atoms with Crippen molar-refractivity contribution in [1.82, 2.24) is 9.97 Å². The van der Waals surface area contributed by atoms with Crippen LogP contribution in [0.2, 0.25) is 5.28 Å². The maximum atomic E-state index is 5.81. The third-order valence-corrected chi connectivity index (χ3v) is 2.49. The molecule has 0 saturated carbocycles. The predicted molar refractivity (Wildman–Crippen MR) is 68.2 cm³/mol. The van der Waals surface area contributed by atoms with Crippen LogP contribution in [-0.2, 0) is 0 Å². The molecule has 17 heavy (non-hydrogen) atoms. The van der Waals surface area contributed by atoms with Crippen LogP contribution in [0.15, 0.2) is 41.7 Å². The normalized spacial score (nSPS) is 10.2. The highest BCUT2D eigenvalue weighted by Crippen LogP contribution is 2.28. The molecule has 0 N–H and O–H groups in total. The number of aromatic nitrogens is 2. The van der Waals surface area contributed by atoms with Crippen molar-refractivity contribution in [1.29, 1.82) is 0 Å². The number of nitrogens with zero attached hydrogens (tertiary/aromatic N) is 3. The highest BCUT2D eigenvalue weighted by molar-refractivity contribution is 6.28. The lowest BCUT2D eigenvalue weighted by molar-refractivity contribution is 0.579. The first kappa shape index (κ1) is 11.7. The Hall–Kier alpha value is -1.81. The largest absolute Gasteiger partial charge is 0.463 e. The van der Waals surface area contributed by atoms with Gasteiger partial charge in [-0.1, -0.05) is 6.08 Å². The average Bonchev–Trinajstić information content (AvgIpc) is 2.82. The van der Waals surface area contributed by atoms with Crippen molar-refractivity contribution >= 4 is 17.3 Å². The zero-order valence-corrected chi connectivity index (χ0v) is 10.2. The van der Waals surface area contributed by atoms with E-state index in [1.54, 1.807) is 18.5 Å². The van der Waals surface area contributed by atoms with Gasteiger partial charge in [0.15, 0.2) is 5.76 Å². The van der Waals surface area contributed by atoms with E-state index in [-0.39, 0.29) is 5.28 Å². The monoisotopic (exact) mass is 249 g/mol. The Balaban J connectivity index is 2.48. The number of likely N-dealkylation sites (N-methyl/N-ethyl adjacent to an activating group) is 1. The molecule has 4 nitrogen and oxygen atoms in total. The van der Waals surface area contributed by atoms with Crippen LogP contribution in [-0.4, -0.2) is 23.6 Å². The zero-order chi connectivity index (χ0) is 12.3. The quantitative estimate of drug-likeness (QED) is 0.617. The van der Waals surface area contributed by atoms with Crippen molar-refractivity contribution in [2.45, 2.75) is 0 Å². The lowest BCUT2D eigenvalue weighted by Gasteiger charge is -2.18. The molecule has 0 saturated heterocycles. The van der Waals surface area contributed by atoms with Gasteiger partial charge in [-0.05, 0) is 23.7 Å². The van der Waals surface area contributed by atoms with Crippen molar-refractivity contribution in [2.24, 2.45) is 0 Å². The van der Waals surface area contributed by atoms with E-state index in [1.165, 1.54) is 0 Å². The van der Waals surface area contributed by atoms with Crippen LogP contribution >= 0.6 is 11.6 Å². The summed E-state index contributed by atoms with van der Waals surface area (Å²) in [7, 11) is 1.93. The molecule has 5 heteroatoms. The van der Waals surface area contributed by atoms with Gasteiger partial charge in [-0.2, -0.15) is 0 Å². The van der Waals surface area contributed by atoms with E-state index >= 15 is 0 Å². The average molecular weight is 250 g/mol. The fraction of sp³-hybridized carbons (Fsp3) is 0.167. The summed E-state index contributed by atoms with van der Waals surface area (Å²) < 4.78 is 5.34. The second kappa shape index (κ2) is 5.01. The van der Waals surface area contributed by atoms with Crippen molar-refractivity contribution in [3.8, 4) is 11.5 Å². The van der Waals surface area contributed by atoms with Gasteiger partial charge in [-0.25, -0.2) is 9.97 Å². The van der Waals surface area contributed by atoms with Gasteiger partial charge in [0.25, 0.3) is 0 Å². The minimum absolute atomic E-state index is 0.201. The van der Waals surface area contributed by atoms with E-state index < -0.39 is 0 Å². The maximum Gasteiger partial charge on any atom is 0.223 e. The molecule has 0 bridgehead atoms. The number of rotatable bonds is 4. The van der Waals surface area contributed by atoms with Crippen LogP contribution in [0.3, 0.4) is 0 Å². The Kier molecular flexibility index (Phi) is 3.44. The third kappa shape index (κ3) is 2.47. The Bertz CT molecular complexity index is 510. The molecule has 0 radical (unpaired) electrons. The molecule has 0 aromatic carbocycles. The Morgan fingerprint density at radius 3 is 3.06 bits per heavy atom. The van der Waals surface area contributed by atoms with Crippen LogP contribution in [0.1, 0.15) is 0 Å². The molecule has 2 heterocycles. The summed E-state index contributed by atoms with van der Waals surface area (Å²) in [6, 6.07) is 3.65. The molecule has 0 fully saturated rings. The molecule has 88 valence electrons. The number of halogens is 1. The second-order valence-corrected chi connectivity index (χ2v) is 3.86. The minimum atomic E-state index is 0.201. The fourth-order valence-corrected chi connectivity index (χ4v) is 1.65. The molecule has 2 rings (SSSR count). The Morgan fingerprint density at radius 1 is 1.59 bits per heavy atom. The number of hydrogen-bond donors (Lipinski definition) is 0. The summed E-state index contributed by atoms with van der Waals surface area (Å²) in [5.74, 6) is 0.667. The summed E-state index contributed by atoms with van der Waals surface area (Å²) in [5, 5.41) is 0.201. The van der Waals surface area contributed by atoms with Gasteiger partial charge in [0.05, 0.1) is 18.1 Å². The minimum Gasteiger partial charge on any atom is -0.463 e. The van der Waals surface area contributed by atoms with Crippen LogP contribution in [0.5, 0.6) is 0 Å². The first-order valence-corrected chi connectivity index (χ1v) is 5.48. The van der Waals surface area contributed by atoms with Gasteiger partial charge in [0, 0.05) is 13.6 Å². The lowest BCUT2D eigenvalue weighted by Crippen LogP contribution is -2.18. The first-order chi connectivity index (χ1) is 8.22. The molecule has 0 unspecified atom stereocenters. The number of furan rings is 1. The maximum absolute atomic E-state index is 5.81. The molecule has 0 aliphatic rings.